The Balaban J connectivity index is 2.17. The maximum Gasteiger partial charge on any atom is 0.174 e. The first-order chi connectivity index (χ1) is 10.1. The third-order valence-electron chi connectivity index (χ3n) is 3.32. The molecular weight excluding hydrogens is 264 g/mol. The maximum atomic E-state index is 12.2. The number of carbonyl (C=O) groups is 2. The first kappa shape index (κ1) is 15.0. The summed E-state index contributed by atoms with van der Waals surface area (Å²) in [5, 5.41) is 9.82. The molecule has 0 saturated carbocycles. The molecule has 2 aromatic rings. The third-order valence-corrected chi connectivity index (χ3v) is 3.32. The van der Waals surface area contributed by atoms with Gasteiger partial charge in [-0.05, 0) is 24.1 Å². The maximum absolute atomic E-state index is 12.2. The summed E-state index contributed by atoms with van der Waals surface area (Å²) in [7, 11) is 0. The minimum Gasteiger partial charge on any atom is -0.507 e. The molecule has 3 nitrogen and oxygen atoms in total. The molecule has 0 aliphatic carbocycles. The summed E-state index contributed by atoms with van der Waals surface area (Å²) in [5.41, 5.74) is 1.73. The van der Waals surface area contributed by atoms with Crippen LogP contribution < -0.4 is 0 Å². The molecule has 0 unspecified atom stereocenters. The highest BCUT2D eigenvalue weighted by atomic mass is 16.3. The summed E-state index contributed by atoms with van der Waals surface area (Å²) in [5.74, 6) is -0.652. The standard InChI is InChI=1S/C18H18O3/c1-2-6-13-9-10-16(19)15(11-13)18(21)12-17(20)14-7-4-3-5-8-14/h3-5,7-11,19H,2,6,12H2,1H3. The van der Waals surface area contributed by atoms with Gasteiger partial charge in [0.05, 0.1) is 12.0 Å². The highest BCUT2D eigenvalue weighted by Gasteiger charge is 2.17. The molecule has 0 heterocycles. The van der Waals surface area contributed by atoms with Gasteiger partial charge >= 0.3 is 0 Å². The Hall–Kier alpha value is -2.42. The lowest BCUT2D eigenvalue weighted by Gasteiger charge is -2.06. The Morgan fingerprint density at radius 1 is 1.00 bits per heavy atom. The number of Topliss-reactive ketones (excluding diaryl/α,β-unsaturated/α-hetero) is 2. The van der Waals surface area contributed by atoms with Gasteiger partial charge in [0.1, 0.15) is 5.75 Å². The molecule has 21 heavy (non-hydrogen) atoms. The van der Waals surface area contributed by atoms with Crippen molar-refractivity contribution in [2.75, 3.05) is 0 Å². The molecule has 1 N–H and O–H groups in total. The van der Waals surface area contributed by atoms with Gasteiger partial charge < -0.3 is 5.11 Å². The molecule has 108 valence electrons. The molecule has 0 aliphatic heterocycles. The molecule has 0 saturated heterocycles. The van der Waals surface area contributed by atoms with Crippen LogP contribution in [0, 0.1) is 0 Å². The molecule has 0 atom stereocenters. The fourth-order valence-corrected chi connectivity index (χ4v) is 2.22. The number of hydrogen-bond donors (Lipinski definition) is 1. The van der Waals surface area contributed by atoms with Crippen molar-refractivity contribution in [1.29, 1.82) is 0 Å². The number of hydrogen-bond acceptors (Lipinski definition) is 3. The van der Waals surface area contributed by atoms with Crippen LogP contribution in [0.15, 0.2) is 48.5 Å². The number of aromatic hydroxyl groups is 1. The average Bonchev–Trinajstić information content (AvgIpc) is 2.50. The zero-order valence-corrected chi connectivity index (χ0v) is 12.0. The van der Waals surface area contributed by atoms with Gasteiger partial charge in [0.25, 0.3) is 0 Å². The van der Waals surface area contributed by atoms with Gasteiger partial charge in [-0.1, -0.05) is 49.7 Å². The smallest absolute Gasteiger partial charge is 0.174 e. The number of aryl methyl sites for hydroxylation is 1. The number of phenolic OH excluding ortho intramolecular Hbond substituents is 1. The van der Waals surface area contributed by atoms with E-state index in [1.54, 1.807) is 36.4 Å². The summed E-state index contributed by atoms with van der Waals surface area (Å²) in [4.78, 5) is 24.3. The molecule has 0 fully saturated rings. The van der Waals surface area contributed by atoms with Crippen LogP contribution in [0.25, 0.3) is 0 Å². The van der Waals surface area contributed by atoms with Gasteiger partial charge in [0.15, 0.2) is 11.6 Å². The van der Waals surface area contributed by atoms with Crippen molar-refractivity contribution in [2.45, 2.75) is 26.2 Å². The number of phenols is 1. The van der Waals surface area contributed by atoms with E-state index in [-0.39, 0.29) is 29.3 Å². The Labute approximate surface area is 124 Å². The SMILES string of the molecule is CCCc1ccc(O)c(C(=O)CC(=O)c2ccccc2)c1. The Morgan fingerprint density at radius 3 is 2.38 bits per heavy atom. The molecule has 0 aromatic heterocycles. The normalized spacial score (nSPS) is 10.3. The van der Waals surface area contributed by atoms with Gasteiger partial charge in [-0.2, -0.15) is 0 Å². The van der Waals surface area contributed by atoms with E-state index in [1.807, 2.05) is 13.0 Å². The molecule has 2 aromatic carbocycles. The Bertz CT molecular complexity index is 645. The summed E-state index contributed by atoms with van der Waals surface area (Å²) in [6.07, 6.45) is 1.57. The number of benzene rings is 2. The fraction of sp³-hybridized carbons (Fsp3) is 0.222. The van der Waals surface area contributed by atoms with Crippen molar-refractivity contribution in [1.82, 2.24) is 0 Å². The molecule has 0 spiro atoms. The van der Waals surface area contributed by atoms with Crippen LogP contribution in [0.5, 0.6) is 5.75 Å². The van der Waals surface area contributed by atoms with Crippen LogP contribution in [0.3, 0.4) is 0 Å². The zero-order chi connectivity index (χ0) is 15.2. The second kappa shape index (κ2) is 6.84. The molecule has 3 heteroatoms. The zero-order valence-electron chi connectivity index (χ0n) is 12.0. The number of carbonyl (C=O) groups excluding carboxylic acids is 2. The number of ketones is 2. The first-order valence-electron chi connectivity index (χ1n) is 7.05. The molecular formula is C18H18O3. The van der Waals surface area contributed by atoms with Crippen molar-refractivity contribution in [3.05, 3.63) is 65.2 Å². The second-order valence-corrected chi connectivity index (χ2v) is 4.99. The molecule has 0 bridgehead atoms. The van der Waals surface area contributed by atoms with E-state index in [2.05, 4.69) is 0 Å². The summed E-state index contributed by atoms with van der Waals surface area (Å²) in [6.45, 7) is 2.05. The van der Waals surface area contributed by atoms with Gasteiger partial charge in [-0.3, -0.25) is 9.59 Å². The minimum atomic E-state index is -0.348. The van der Waals surface area contributed by atoms with Gasteiger partial charge in [-0.15, -0.1) is 0 Å². The largest absolute Gasteiger partial charge is 0.507 e. The van der Waals surface area contributed by atoms with Crippen LogP contribution in [-0.2, 0) is 6.42 Å². The van der Waals surface area contributed by atoms with Crippen molar-refractivity contribution >= 4 is 11.6 Å². The highest BCUT2D eigenvalue weighted by molar-refractivity contribution is 6.14. The predicted molar refractivity (Wildman–Crippen MR) is 81.8 cm³/mol. The Morgan fingerprint density at radius 2 is 1.71 bits per heavy atom. The van der Waals surface area contributed by atoms with Gasteiger partial charge in [0.2, 0.25) is 0 Å². The van der Waals surface area contributed by atoms with E-state index < -0.39 is 0 Å². The Kier molecular flexibility index (Phi) is 4.88. The average molecular weight is 282 g/mol. The predicted octanol–water partition coefficient (Wildman–Crippen LogP) is 3.80. The van der Waals surface area contributed by atoms with E-state index >= 15 is 0 Å². The molecule has 2 rings (SSSR count). The van der Waals surface area contributed by atoms with Crippen LogP contribution in [0.1, 0.15) is 46.0 Å². The second-order valence-electron chi connectivity index (χ2n) is 4.99. The van der Waals surface area contributed by atoms with Crippen molar-refractivity contribution < 1.29 is 14.7 Å². The summed E-state index contributed by atoms with van der Waals surface area (Å²) in [6, 6.07) is 13.7. The van der Waals surface area contributed by atoms with E-state index in [9.17, 15) is 14.7 Å². The minimum absolute atomic E-state index is 0.0688. The topological polar surface area (TPSA) is 54.4 Å². The van der Waals surface area contributed by atoms with E-state index in [1.165, 1.54) is 6.07 Å². The van der Waals surface area contributed by atoms with Crippen LogP contribution in [0.2, 0.25) is 0 Å². The van der Waals surface area contributed by atoms with E-state index in [4.69, 9.17) is 0 Å². The van der Waals surface area contributed by atoms with E-state index in [0.29, 0.717) is 5.56 Å². The van der Waals surface area contributed by atoms with Crippen molar-refractivity contribution in [3.63, 3.8) is 0 Å². The van der Waals surface area contributed by atoms with Crippen LogP contribution in [0.4, 0.5) is 0 Å². The molecule has 0 amide bonds. The lowest BCUT2D eigenvalue weighted by atomic mass is 9.98. The molecule has 0 aliphatic rings. The monoisotopic (exact) mass is 282 g/mol. The van der Waals surface area contributed by atoms with E-state index in [0.717, 1.165) is 18.4 Å². The molecule has 0 radical (unpaired) electrons. The number of rotatable bonds is 6. The van der Waals surface area contributed by atoms with Crippen molar-refractivity contribution in [3.8, 4) is 5.75 Å². The lowest BCUT2D eigenvalue weighted by Crippen LogP contribution is -2.09. The fourth-order valence-electron chi connectivity index (χ4n) is 2.22. The van der Waals surface area contributed by atoms with Gasteiger partial charge in [-0.25, -0.2) is 0 Å². The third kappa shape index (κ3) is 3.78. The summed E-state index contributed by atoms with van der Waals surface area (Å²) >= 11 is 0. The van der Waals surface area contributed by atoms with Crippen LogP contribution in [-0.4, -0.2) is 16.7 Å². The van der Waals surface area contributed by atoms with Gasteiger partial charge in [0, 0.05) is 5.56 Å². The van der Waals surface area contributed by atoms with Crippen molar-refractivity contribution in [2.24, 2.45) is 0 Å². The quantitative estimate of drug-likeness (QED) is 0.647. The van der Waals surface area contributed by atoms with Crippen LogP contribution >= 0.6 is 0 Å². The first-order valence-corrected chi connectivity index (χ1v) is 7.05. The summed E-state index contributed by atoms with van der Waals surface area (Å²) < 4.78 is 0. The highest BCUT2D eigenvalue weighted by Crippen LogP contribution is 2.21. The lowest BCUT2D eigenvalue weighted by molar-refractivity contribution is 0.0893.